The highest BCUT2D eigenvalue weighted by Crippen LogP contribution is 2.21. The van der Waals surface area contributed by atoms with Crippen molar-refractivity contribution in [1.29, 1.82) is 0 Å². The van der Waals surface area contributed by atoms with E-state index >= 15 is 0 Å². The standard InChI is InChI=1S/C13H19NO5S2/c1-8(2)6-9(13(16)17)7-14-12(15)10-4-5-11(20-10)21(3,18)19/h4-5,8-9H,6-7H2,1-3H3,(H,14,15)(H,16,17)/t9-/m0/s1. The quantitative estimate of drug-likeness (QED) is 0.790. The fraction of sp³-hybridized carbons (Fsp3) is 0.538. The molecule has 1 heterocycles. The maximum atomic E-state index is 11.9. The number of carboxylic acids is 1. The maximum Gasteiger partial charge on any atom is 0.308 e. The fourth-order valence-corrected chi connectivity index (χ4v) is 3.63. The van der Waals surface area contributed by atoms with E-state index in [4.69, 9.17) is 5.11 Å². The summed E-state index contributed by atoms with van der Waals surface area (Å²) in [5.41, 5.74) is 0. The molecule has 6 nitrogen and oxygen atoms in total. The van der Waals surface area contributed by atoms with Crippen LogP contribution in [0.15, 0.2) is 16.3 Å². The van der Waals surface area contributed by atoms with Crippen LogP contribution in [-0.4, -0.2) is 38.2 Å². The van der Waals surface area contributed by atoms with Crippen LogP contribution in [0.2, 0.25) is 0 Å². The molecule has 0 aliphatic rings. The van der Waals surface area contributed by atoms with Gasteiger partial charge in [-0.2, -0.15) is 0 Å². The molecule has 2 N–H and O–H groups in total. The molecule has 8 heteroatoms. The smallest absolute Gasteiger partial charge is 0.308 e. The Morgan fingerprint density at radius 3 is 2.38 bits per heavy atom. The zero-order valence-corrected chi connectivity index (χ0v) is 13.8. The van der Waals surface area contributed by atoms with Crippen LogP contribution in [0.5, 0.6) is 0 Å². The largest absolute Gasteiger partial charge is 0.481 e. The molecule has 21 heavy (non-hydrogen) atoms. The Balaban J connectivity index is 2.68. The summed E-state index contributed by atoms with van der Waals surface area (Å²) in [5, 5.41) is 11.6. The van der Waals surface area contributed by atoms with Gasteiger partial charge in [-0.15, -0.1) is 11.3 Å². The van der Waals surface area contributed by atoms with Crippen molar-refractivity contribution in [2.45, 2.75) is 24.5 Å². The lowest BCUT2D eigenvalue weighted by Gasteiger charge is -2.14. The van der Waals surface area contributed by atoms with Gasteiger partial charge in [-0.25, -0.2) is 8.42 Å². The molecule has 118 valence electrons. The molecule has 0 saturated carbocycles. The molecule has 1 rings (SSSR count). The predicted octanol–water partition coefficient (Wildman–Crippen LogP) is 1.63. The molecule has 1 amide bonds. The highest BCUT2D eigenvalue weighted by Gasteiger charge is 2.21. The van der Waals surface area contributed by atoms with Crippen molar-refractivity contribution in [1.82, 2.24) is 5.32 Å². The van der Waals surface area contributed by atoms with Crippen LogP contribution in [0.1, 0.15) is 29.9 Å². The minimum absolute atomic E-state index is 0.0262. The summed E-state index contributed by atoms with van der Waals surface area (Å²) >= 11 is 0.874. The number of nitrogens with one attached hydrogen (secondary N) is 1. The first-order valence-corrected chi connectivity index (χ1v) is 9.13. The lowest BCUT2D eigenvalue weighted by Crippen LogP contribution is -2.33. The van der Waals surface area contributed by atoms with Gasteiger partial charge in [-0.1, -0.05) is 13.8 Å². The second-order valence-electron chi connectivity index (χ2n) is 5.27. The first-order chi connectivity index (χ1) is 9.61. The average molecular weight is 333 g/mol. The van der Waals surface area contributed by atoms with Gasteiger partial charge in [-0.3, -0.25) is 9.59 Å². The number of rotatable bonds is 7. The van der Waals surface area contributed by atoms with Crippen LogP contribution in [0.3, 0.4) is 0 Å². The summed E-state index contributed by atoms with van der Waals surface area (Å²) in [4.78, 5) is 23.3. The molecule has 0 fully saturated rings. The first-order valence-electron chi connectivity index (χ1n) is 6.42. The van der Waals surface area contributed by atoms with Crippen molar-refractivity contribution in [3.05, 3.63) is 17.0 Å². The van der Waals surface area contributed by atoms with E-state index in [1.807, 2.05) is 13.8 Å². The summed E-state index contributed by atoms with van der Waals surface area (Å²) in [6.45, 7) is 3.85. The topological polar surface area (TPSA) is 101 Å². The van der Waals surface area contributed by atoms with Crippen LogP contribution in [-0.2, 0) is 14.6 Å². The number of hydrogen-bond acceptors (Lipinski definition) is 5. The monoisotopic (exact) mass is 333 g/mol. The van der Waals surface area contributed by atoms with Gasteiger partial charge in [0.05, 0.1) is 10.8 Å². The molecular formula is C13H19NO5S2. The van der Waals surface area contributed by atoms with E-state index in [9.17, 15) is 18.0 Å². The second kappa shape index (κ2) is 7.04. The molecule has 0 saturated heterocycles. The Bertz CT molecular complexity index is 618. The van der Waals surface area contributed by atoms with Crippen LogP contribution < -0.4 is 5.32 Å². The minimum atomic E-state index is -3.33. The lowest BCUT2D eigenvalue weighted by molar-refractivity contribution is -0.142. The number of carbonyl (C=O) groups excluding carboxylic acids is 1. The van der Waals surface area contributed by atoms with Crippen molar-refractivity contribution >= 4 is 33.1 Å². The van der Waals surface area contributed by atoms with E-state index in [-0.39, 0.29) is 21.5 Å². The fourth-order valence-electron chi connectivity index (χ4n) is 1.78. The minimum Gasteiger partial charge on any atom is -0.481 e. The Morgan fingerprint density at radius 2 is 1.95 bits per heavy atom. The van der Waals surface area contributed by atoms with Gasteiger partial charge >= 0.3 is 5.97 Å². The zero-order valence-electron chi connectivity index (χ0n) is 12.1. The third-order valence-electron chi connectivity index (χ3n) is 2.78. The first kappa shape index (κ1) is 17.6. The second-order valence-corrected chi connectivity index (χ2v) is 8.59. The van der Waals surface area contributed by atoms with Crippen LogP contribution >= 0.6 is 11.3 Å². The average Bonchev–Trinajstić information content (AvgIpc) is 2.82. The highest BCUT2D eigenvalue weighted by molar-refractivity contribution is 7.92. The predicted molar refractivity (Wildman–Crippen MR) is 80.3 cm³/mol. The summed E-state index contributed by atoms with van der Waals surface area (Å²) in [5.74, 6) is -1.85. The van der Waals surface area contributed by atoms with E-state index in [2.05, 4.69) is 5.32 Å². The third kappa shape index (κ3) is 5.47. The SMILES string of the molecule is CC(C)C[C@@H](CNC(=O)c1ccc(S(C)(=O)=O)s1)C(=O)O. The molecule has 1 atom stereocenters. The number of aliphatic carboxylic acids is 1. The molecule has 1 aromatic rings. The van der Waals surface area contributed by atoms with E-state index in [0.717, 1.165) is 17.6 Å². The Kier molecular flexibility index (Phi) is 5.91. The van der Waals surface area contributed by atoms with Crippen LogP contribution in [0.4, 0.5) is 0 Å². The number of amides is 1. The van der Waals surface area contributed by atoms with Crippen molar-refractivity contribution in [3.63, 3.8) is 0 Å². The molecular weight excluding hydrogens is 314 g/mol. The summed E-state index contributed by atoms with van der Waals surface area (Å²) in [6, 6.07) is 2.80. The normalized spacial score (nSPS) is 13.1. The van der Waals surface area contributed by atoms with Crippen molar-refractivity contribution < 1.29 is 23.1 Å². The lowest BCUT2D eigenvalue weighted by atomic mass is 9.97. The van der Waals surface area contributed by atoms with Crippen LogP contribution in [0, 0.1) is 11.8 Å². The van der Waals surface area contributed by atoms with E-state index in [0.29, 0.717) is 6.42 Å². The molecule has 0 radical (unpaired) electrons. The van der Waals surface area contributed by atoms with Gasteiger partial charge in [0.15, 0.2) is 9.84 Å². The van der Waals surface area contributed by atoms with Crippen molar-refractivity contribution in [2.24, 2.45) is 11.8 Å². The Hall–Kier alpha value is -1.41. The maximum absolute atomic E-state index is 11.9. The van der Waals surface area contributed by atoms with E-state index < -0.39 is 27.6 Å². The van der Waals surface area contributed by atoms with Gasteiger partial charge in [0, 0.05) is 12.8 Å². The van der Waals surface area contributed by atoms with Crippen molar-refractivity contribution in [2.75, 3.05) is 12.8 Å². The summed E-state index contributed by atoms with van der Waals surface area (Å²) in [7, 11) is -3.33. The number of hydrogen-bond donors (Lipinski definition) is 2. The number of sulfone groups is 1. The molecule has 0 aromatic carbocycles. The van der Waals surface area contributed by atoms with E-state index in [1.54, 1.807) is 0 Å². The molecule has 1 aromatic heterocycles. The molecule has 0 bridgehead atoms. The summed E-state index contributed by atoms with van der Waals surface area (Å²) in [6.07, 6.45) is 1.54. The zero-order chi connectivity index (χ0) is 16.2. The molecule has 0 unspecified atom stereocenters. The van der Waals surface area contributed by atoms with E-state index in [1.165, 1.54) is 12.1 Å². The highest BCUT2D eigenvalue weighted by atomic mass is 32.2. The van der Waals surface area contributed by atoms with Gasteiger partial charge in [-0.05, 0) is 24.5 Å². The molecule has 0 aliphatic heterocycles. The van der Waals surface area contributed by atoms with Gasteiger partial charge in [0.1, 0.15) is 4.21 Å². The van der Waals surface area contributed by atoms with Gasteiger partial charge in [0.2, 0.25) is 0 Å². The van der Waals surface area contributed by atoms with Crippen molar-refractivity contribution in [3.8, 4) is 0 Å². The summed E-state index contributed by atoms with van der Waals surface area (Å²) < 4.78 is 22.8. The third-order valence-corrected chi connectivity index (χ3v) is 5.69. The Morgan fingerprint density at radius 1 is 1.33 bits per heavy atom. The Labute approximate surface area is 128 Å². The number of thiophene rings is 1. The number of carboxylic acid groups (broad SMARTS) is 1. The molecule has 0 aliphatic carbocycles. The van der Waals surface area contributed by atoms with Gasteiger partial charge < -0.3 is 10.4 Å². The number of carbonyl (C=O) groups is 2. The van der Waals surface area contributed by atoms with Crippen LogP contribution in [0.25, 0.3) is 0 Å². The molecule has 0 spiro atoms. The van der Waals surface area contributed by atoms with Gasteiger partial charge in [0.25, 0.3) is 5.91 Å².